The Hall–Kier alpha value is -0.940. The van der Waals surface area contributed by atoms with Crippen LogP contribution in [0.1, 0.15) is 38.3 Å². The molecule has 0 saturated carbocycles. The van der Waals surface area contributed by atoms with Gasteiger partial charge in [0.25, 0.3) is 0 Å². The third-order valence-electron chi connectivity index (χ3n) is 4.02. The molecule has 0 fully saturated rings. The first-order valence-corrected chi connectivity index (χ1v) is 10.2. The fourth-order valence-corrected chi connectivity index (χ4v) is 3.42. The Labute approximate surface area is 174 Å². The van der Waals surface area contributed by atoms with E-state index < -0.39 is 0 Å². The monoisotopic (exact) mass is 459 g/mol. The van der Waals surface area contributed by atoms with Crippen LogP contribution in [0.25, 0.3) is 0 Å². The van der Waals surface area contributed by atoms with E-state index in [1.54, 1.807) is 12.1 Å². The fourth-order valence-electron chi connectivity index (χ4n) is 2.35. The number of rotatable bonds is 9. The Morgan fingerprint density at radius 1 is 1.12 bits per heavy atom. The van der Waals surface area contributed by atoms with E-state index in [4.69, 9.17) is 32.7 Å². The Kier molecular flexibility index (Phi) is 8.55. The van der Waals surface area contributed by atoms with Crippen LogP contribution in [0.4, 0.5) is 0 Å². The molecule has 6 heteroatoms. The van der Waals surface area contributed by atoms with Crippen LogP contribution in [0.3, 0.4) is 0 Å². The molecule has 0 saturated heterocycles. The molecule has 0 heterocycles. The minimum absolute atomic E-state index is 0.332. The number of hydrogen-bond donors (Lipinski definition) is 1. The van der Waals surface area contributed by atoms with E-state index in [1.807, 2.05) is 19.1 Å². The molecule has 2 rings (SSSR count). The molecule has 0 radical (unpaired) electrons. The maximum atomic E-state index is 6.23. The van der Waals surface area contributed by atoms with Crippen LogP contribution in [0.5, 0.6) is 11.5 Å². The minimum Gasteiger partial charge on any atom is -0.490 e. The van der Waals surface area contributed by atoms with E-state index in [2.05, 4.69) is 41.2 Å². The van der Waals surface area contributed by atoms with Crippen molar-refractivity contribution < 1.29 is 9.47 Å². The summed E-state index contributed by atoms with van der Waals surface area (Å²) in [6.45, 7) is 7.96. The summed E-state index contributed by atoms with van der Waals surface area (Å²) in [4.78, 5) is 0. The second kappa shape index (κ2) is 10.4. The molecule has 0 aliphatic carbocycles. The summed E-state index contributed by atoms with van der Waals surface area (Å²) >= 11 is 15.8. The molecule has 0 aromatic heterocycles. The summed E-state index contributed by atoms with van der Waals surface area (Å²) in [5.41, 5.74) is 2.01. The van der Waals surface area contributed by atoms with Gasteiger partial charge in [-0.25, -0.2) is 0 Å². The summed E-state index contributed by atoms with van der Waals surface area (Å²) in [5, 5.41) is 4.68. The zero-order chi connectivity index (χ0) is 19.1. The highest BCUT2D eigenvalue weighted by molar-refractivity contribution is 9.10. The van der Waals surface area contributed by atoms with Gasteiger partial charge in [0.1, 0.15) is 6.61 Å². The summed E-state index contributed by atoms with van der Waals surface area (Å²) in [6, 6.07) is 9.91. The van der Waals surface area contributed by atoms with Gasteiger partial charge >= 0.3 is 0 Å². The highest BCUT2D eigenvalue weighted by Crippen LogP contribution is 2.38. The quantitative estimate of drug-likeness (QED) is 0.455. The van der Waals surface area contributed by atoms with Crippen LogP contribution in [0, 0.1) is 0 Å². The average molecular weight is 461 g/mol. The van der Waals surface area contributed by atoms with Crippen LogP contribution in [0.2, 0.25) is 10.0 Å². The van der Waals surface area contributed by atoms with Crippen LogP contribution in [0.15, 0.2) is 34.8 Å². The Morgan fingerprint density at radius 2 is 1.88 bits per heavy atom. The smallest absolute Gasteiger partial charge is 0.175 e. The van der Waals surface area contributed by atoms with E-state index in [9.17, 15) is 0 Å². The molecule has 0 amide bonds. The highest BCUT2D eigenvalue weighted by atomic mass is 79.9. The van der Waals surface area contributed by atoms with Crippen molar-refractivity contribution >= 4 is 39.1 Å². The first kappa shape index (κ1) is 21.4. The summed E-state index contributed by atoms with van der Waals surface area (Å²) in [6.07, 6.45) is 1.09. The van der Waals surface area contributed by atoms with Gasteiger partial charge in [-0.3, -0.25) is 0 Å². The number of ether oxygens (including phenoxy) is 2. The minimum atomic E-state index is 0.332. The molecule has 1 atom stereocenters. The maximum absolute atomic E-state index is 6.23. The average Bonchev–Trinajstić information content (AvgIpc) is 2.60. The van der Waals surface area contributed by atoms with E-state index in [1.165, 1.54) is 0 Å². The lowest BCUT2D eigenvalue weighted by Gasteiger charge is -2.17. The van der Waals surface area contributed by atoms with E-state index in [-0.39, 0.29) is 0 Å². The first-order valence-electron chi connectivity index (χ1n) is 8.69. The van der Waals surface area contributed by atoms with Gasteiger partial charge < -0.3 is 14.8 Å². The largest absolute Gasteiger partial charge is 0.490 e. The fraction of sp³-hybridized carbons (Fsp3) is 0.400. The normalized spacial score (nSPS) is 12.1. The predicted octanol–water partition coefficient (Wildman–Crippen LogP) is 6.62. The molecule has 2 aromatic carbocycles. The third kappa shape index (κ3) is 6.05. The predicted molar refractivity (Wildman–Crippen MR) is 113 cm³/mol. The van der Waals surface area contributed by atoms with Crippen molar-refractivity contribution in [2.24, 2.45) is 0 Å². The molecule has 2 aromatic rings. The third-order valence-corrected chi connectivity index (χ3v) is 5.20. The topological polar surface area (TPSA) is 30.5 Å². The zero-order valence-corrected chi connectivity index (χ0v) is 18.3. The van der Waals surface area contributed by atoms with Gasteiger partial charge in [0.2, 0.25) is 0 Å². The molecular weight excluding hydrogens is 437 g/mol. The van der Waals surface area contributed by atoms with Crippen molar-refractivity contribution in [2.75, 3.05) is 6.61 Å². The molecule has 0 spiro atoms. The molecule has 142 valence electrons. The Morgan fingerprint density at radius 3 is 2.54 bits per heavy atom. The summed E-state index contributed by atoms with van der Waals surface area (Å²) in [5.74, 6) is 1.39. The maximum Gasteiger partial charge on any atom is 0.175 e. The van der Waals surface area contributed by atoms with Gasteiger partial charge in [-0.15, -0.1) is 0 Å². The van der Waals surface area contributed by atoms with Crippen LogP contribution < -0.4 is 14.8 Å². The number of halogens is 3. The van der Waals surface area contributed by atoms with Crippen LogP contribution in [-0.4, -0.2) is 12.6 Å². The second-order valence-electron chi connectivity index (χ2n) is 6.05. The molecule has 1 N–H and O–H groups in total. The van der Waals surface area contributed by atoms with Gasteiger partial charge in [0.05, 0.1) is 11.1 Å². The highest BCUT2D eigenvalue weighted by Gasteiger charge is 2.14. The lowest BCUT2D eigenvalue weighted by Crippen LogP contribution is -2.24. The Bertz CT molecular complexity index is 740. The van der Waals surface area contributed by atoms with Gasteiger partial charge in [0, 0.05) is 28.2 Å². The number of hydrogen-bond acceptors (Lipinski definition) is 3. The van der Waals surface area contributed by atoms with E-state index in [0.29, 0.717) is 40.8 Å². The molecule has 26 heavy (non-hydrogen) atoms. The van der Waals surface area contributed by atoms with Gasteiger partial charge in [-0.2, -0.15) is 0 Å². The van der Waals surface area contributed by atoms with Crippen molar-refractivity contribution in [3.63, 3.8) is 0 Å². The van der Waals surface area contributed by atoms with Crippen molar-refractivity contribution in [2.45, 2.75) is 46.4 Å². The lowest BCUT2D eigenvalue weighted by molar-refractivity contribution is 0.267. The van der Waals surface area contributed by atoms with Crippen LogP contribution >= 0.6 is 39.1 Å². The molecular formula is C20H24BrCl2NO2. The van der Waals surface area contributed by atoms with Gasteiger partial charge in [-0.05, 0) is 66.0 Å². The van der Waals surface area contributed by atoms with Crippen molar-refractivity contribution in [3.8, 4) is 11.5 Å². The first-order chi connectivity index (χ1) is 12.4. The SMILES string of the molecule is CCOc1cc(CNC(C)CC)cc(Br)c1OCc1ccc(Cl)cc1Cl. The lowest BCUT2D eigenvalue weighted by atomic mass is 10.1. The molecule has 1 unspecified atom stereocenters. The van der Waals surface area contributed by atoms with E-state index in [0.717, 1.165) is 28.6 Å². The molecule has 0 aliphatic heterocycles. The van der Waals surface area contributed by atoms with Gasteiger partial charge in [-0.1, -0.05) is 36.2 Å². The standard InChI is InChI=1S/C20H24BrCl2NO2/c1-4-13(3)24-11-14-8-17(21)20(19(9-14)25-5-2)26-12-15-6-7-16(22)10-18(15)23/h6-10,13,24H,4-5,11-12H2,1-3H3. The van der Waals surface area contributed by atoms with Crippen molar-refractivity contribution in [1.29, 1.82) is 0 Å². The molecule has 0 bridgehead atoms. The van der Waals surface area contributed by atoms with Crippen molar-refractivity contribution in [3.05, 3.63) is 56.0 Å². The summed E-state index contributed by atoms with van der Waals surface area (Å²) < 4.78 is 12.7. The number of nitrogens with one attached hydrogen (secondary N) is 1. The second-order valence-corrected chi connectivity index (χ2v) is 7.75. The van der Waals surface area contributed by atoms with Crippen molar-refractivity contribution in [1.82, 2.24) is 5.32 Å². The molecule has 0 aliphatic rings. The zero-order valence-electron chi connectivity index (χ0n) is 15.2. The van der Waals surface area contributed by atoms with E-state index >= 15 is 0 Å². The van der Waals surface area contributed by atoms with Gasteiger partial charge in [0.15, 0.2) is 11.5 Å². The molecule has 3 nitrogen and oxygen atoms in total. The van der Waals surface area contributed by atoms with Crippen LogP contribution in [-0.2, 0) is 13.2 Å². The Balaban J connectivity index is 2.18. The number of benzene rings is 2. The summed E-state index contributed by atoms with van der Waals surface area (Å²) in [7, 11) is 0.